The Bertz CT molecular complexity index is 746. The molecule has 2 saturated heterocycles. The van der Waals surface area contributed by atoms with Gasteiger partial charge in [0.25, 0.3) is 5.91 Å². The summed E-state index contributed by atoms with van der Waals surface area (Å²) < 4.78 is 0. The van der Waals surface area contributed by atoms with E-state index in [2.05, 4.69) is 0 Å². The predicted molar refractivity (Wildman–Crippen MR) is 92.8 cm³/mol. The average Bonchev–Trinajstić information content (AvgIpc) is 2.78. The van der Waals surface area contributed by atoms with Gasteiger partial charge in [0.15, 0.2) is 0 Å². The summed E-state index contributed by atoms with van der Waals surface area (Å²) >= 11 is 0. The summed E-state index contributed by atoms with van der Waals surface area (Å²) in [6.45, 7) is 4.83. The van der Waals surface area contributed by atoms with Gasteiger partial charge in [-0.15, -0.1) is 0 Å². The number of amides is 3. The summed E-state index contributed by atoms with van der Waals surface area (Å²) in [7, 11) is 0. The highest BCUT2D eigenvalue weighted by atomic mass is 16.2. The van der Waals surface area contributed by atoms with Crippen LogP contribution in [0.1, 0.15) is 34.3 Å². The summed E-state index contributed by atoms with van der Waals surface area (Å²) in [5.41, 5.74) is 2.79. The molecule has 2 aliphatic heterocycles. The maximum absolute atomic E-state index is 12.6. The lowest BCUT2D eigenvalue weighted by molar-refractivity contribution is -0.145. The van der Waals surface area contributed by atoms with Crippen molar-refractivity contribution in [3.8, 4) is 0 Å². The molecule has 0 spiro atoms. The Morgan fingerprint density at radius 3 is 1.96 bits per heavy atom. The minimum Gasteiger partial charge on any atom is -0.334 e. The van der Waals surface area contributed by atoms with Crippen LogP contribution in [0.4, 0.5) is 0 Å². The van der Waals surface area contributed by atoms with Gasteiger partial charge < -0.3 is 4.90 Å². The van der Waals surface area contributed by atoms with Crippen molar-refractivity contribution < 1.29 is 14.4 Å². The van der Waals surface area contributed by atoms with Crippen molar-refractivity contribution in [3.63, 3.8) is 0 Å². The van der Waals surface area contributed by atoms with Gasteiger partial charge in [0.1, 0.15) is 0 Å². The molecule has 3 amide bonds. The molecule has 0 saturated carbocycles. The number of likely N-dealkylation sites (tertiary alicyclic amines) is 2. The Balaban J connectivity index is 1.44. The zero-order valence-corrected chi connectivity index (χ0v) is 14.6. The third kappa shape index (κ3) is 2.58. The number of benzene rings is 1. The van der Waals surface area contributed by atoms with Gasteiger partial charge >= 0.3 is 0 Å². The molecule has 2 heterocycles. The van der Waals surface area contributed by atoms with E-state index < -0.39 is 0 Å². The second kappa shape index (κ2) is 5.83. The number of allylic oxidation sites excluding steroid dienone is 2. The fourth-order valence-electron chi connectivity index (χ4n) is 4.25. The Hall–Kier alpha value is -2.43. The van der Waals surface area contributed by atoms with E-state index in [0.717, 1.165) is 11.1 Å². The van der Waals surface area contributed by atoms with E-state index >= 15 is 0 Å². The van der Waals surface area contributed by atoms with Crippen molar-refractivity contribution in [3.05, 3.63) is 47.0 Å². The van der Waals surface area contributed by atoms with E-state index in [4.69, 9.17) is 0 Å². The molecule has 4 rings (SSSR count). The zero-order chi connectivity index (χ0) is 17.7. The molecule has 5 heteroatoms. The first-order chi connectivity index (χ1) is 12.0. The molecule has 2 atom stereocenters. The van der Waals surface area contributed by atoms with Crippen LogP contribution in [0.3, 0.4) is 0 Å². The van der Waals surface area contributed by atoms with Crippen LogP contribution < -0.4 is 0 Å². The minimum absolute atomic E-state index is 0.0266. The largest absolute Gasteiger partial charge is 0.334 e. The molecule has 130 valence electrons. The van der Waals surface area contributed by atoms with Crippen molar-refractivity contribution >= 4 is 17.7 Å². The fraction of sp³-hybridized carbons (Fsp3) is 0.450. The lowest BCUT2D eigenvalue weighted by Crippen LogP contribution is -2.62. The number of hydrogen-bond donors (Lipinski definition) is 0. The summed E-state index contributed by atoms with van der Waals surface area (Å²) in [6.07, 6.45) is 5.30. The number of carbonyl (C=O) groups is 3. The van der Waals surface area contributed by atoms with E-state index in [9.17, 15) is 14.4 Å². The molecule has 1 aromatic rings. The molecular weight excluding hydrogens is 316 g/mol. The number of fused-ring (bicyclic) bond motifs is 1. The van der Waals surface area contributed by atoms with Gasteiger partial charge in [0, 0.05) is 18.7 Å². The Kier molecular flexibility index (Phi) is 3.74. The quantitative estimate of drug-likeness (QED) is 0.613. The monoisotopic (exact) mass is 338 g/mol. The third-order valence-corrected chi connectivity index (χ3v) is 5.52. The fourth-order valence-corrected chi connectivity index (χ4v) is 4.25. The summed E-state index contributed by atoms with van der Waals surface area (Å²) in [6, 6.07) is 5.64. The maximum Gasteiger partial charge on any atom is 0.254 e. The van der Waals surface area contributed by atoms with Gasteiger partial charge in [-0.3, -0.25) is 19.3 Å². The van der Waals surface area contributed by atoms with Crippen molar-refractivity contribution in [2.75, 3.05) is 13.1 Å². The third-order valence-electron chi connectivity index (χ3n) is 5.52. The molecule has 25 heavy (non-hydrogen) atoms. The molecule has 0 radical (unpaired) electrons. The summed E-state index contributed by atoms with van der Waals surface area (Å²) in [5.74, 6) is -0.518. The highest BCUT2D eigenvalue weighted by Gasteiger charge is 2.52. The first kappa shape index (κ1) is 16.1. The first-order valence-electron chi connectivity index (χ1n) is 8.85. The number of rotatable bonds is 2. The Labute approximate surface area is 147 Å². The van der Waals surface area contributed by atoms with Gasteiger partial charge in [-0.2, -0.15) is 0 Å². The summed E-state index contributed by atoms with van der Waals surface area (Å²) in [5, 5.41) is 0. The van der Waals surface area contributed by atoms with Crippen LogP contribution in [-0.4, -0.2) is 46.7 Å². The topological polar surface area (TPSA) is 57.7 Å². The molecule has 2 unspecified atom stereocenters. The van der Waals surface area contributed by atoms with Crippen molar-refractivity contribution in [1.29, 1.82) is 0 Å². The van der Waals surface area contributed by atoms with E-state index in [1.54, 1.807) is 4.90 Å². The van der Waals surface area contributed by atoms with Crippen LogP contribution in [0.5, 0.6) is 0 Å². The second-order valence-corrected chi connectivity index (χ2v) is 7.44. The van der Waals surface area contributed by atoms with Crippen LogP contribution in [0.25, 0.3) is 0 Å². The summed E-state index contributed by atoms with van der Waals surface area (Å²) in [4.78, 5) is 41.0. The lowest BCUT2D eigenvalue weighted by atomic mass is 9.85. The van der Waals surface area contributed by atoms with Crippen molar-refractivity contribution in [1.82, 2.24) is 9.80 Å². The maximum atomic E-state index is 12.6. The number of imide groups is 1. The molecular formula is C20H22N2O3. The van der Waals surface area contributed by atoms with E-state index in [1.807, 2.05) is 44.2 Å². The van der Waals surface area contributed by atoms with Crippen molar-refractivity contribution in [2.24, 2.45) is 11.8 Å². The SMILES string of the molecule is Cc1cc(C)cc(C(=O)N2CC(N3C(=O)C4CC=CCC4C3=O)C2)c1. The van der Waals surface area contributed by atoms with E-state index in [1.165, 1.54) is 4.90 Å². The van der Waals surface area contributed by atoms with Crippen LogP contribution in [0.2, 0.25) is 0 Å². The van der Waals surface area contributed by atoms with Crippen LogP contribution >= 0.6 is 0 Å². The standard InChI is InChI=1S/C20H22N2O3/c1-12-7-13(2)9-14(8-12)18(23)21-10-15(11-21)22-19(24)16-5-3-4-6-17(16)20(22)25/h3-4,7-9,15-17H,5-6,10-11H2,1-2H3. The molecule has 2 fully saturated rings. The zero-order valence-electron chi connectivity index (χ0n) is 14.6. The van der Waals surface area contributed by atoms with Gasteiger partial charge in [-0.25, -0.2) is 0 Å². The van der Waals surface area contributed by atoms with Gasteiger partial charge in [0.05, 0.1) is 17.9 Å². The highest BCUT2D eigenvalue weighted by molar-refractivity contribution is 6.06. The number of nitrogens with zero attached hydrogens (tertiary/aromatic N) is 2. The number of aryl methyl sites for hydroxylation is 2. The van der Waals surface area contributed by atoms with Gasteiger partial charge in [0.2, 0.25) is 11.8 Å². The first-order valence-corrected chi connectivity index (χ1v) is 8.85. The smallest absolute Gasteiger partial charge is 0.254 e. The van der Waals surface area contributed by atoms with Gasteiger partial charge in [-0.1, -0.05) is 29.3 Å². The molecule has 0 bridgehead atoms. The highest BCUT2D eigenvalue weighted by Crippen LogP contribution is 2.37. The Morgan fingerprint density at radius 2 is 1.44 bits per heavy atom. The normalized spacial score (nSPS) is 26.0. The van der Waals surface area contributed by atoms with Gasteiger partial charge in [-0.05, 0) is 38.8 Å². The molecule has 0 N–H and O–H groups in total. The van der Waals surface area contributed by atoms with Crippen LogP contribution in [0.15, 0.2) is 30.4 Å². The predicted octanol–water partition coefficient (Wildman–Crippen LogP) is 2.08. The van der Waals surface area contributed by atoms with E-state index in [0.29, 0.717) is 31.5 Å². The number of hydrogen-bond acceptors (Lipinski definition) is 3. The lowest BCUT2D eigenvalue weighted by Gasteiger charge is -2.43. The molecule has 5 nitrogen and oxygen atoms in total. The van der Waals surface area contributed by atoms with Crippen LogP contribution in [0, 0.1) is 25.7 Å². The molecule has 0 aromatic heterocycles. The molecule has 1 aromatic carbocycles. The van der Waals surface area contributed by atoms with Crippen LogP contribution in [-0.2, 0) is 9.59 Å². The second-order valence-electron chi connectivity index (χ2n) is 7.44. The molecule has 1 aliphatic carbocycles. The number of carbonyl (C=O) groups excluding carboxylic acids is 3. The molecule has 3 aliphatic rings. The Morgan fingerprint density at radius 1 is 0.920 bits per heavy atom. The minimum atomic E-state index is -0.193. The van der Waals surface area contributed by atoms with Crippen molar-refractivity contribution in [2.45, 2.75) is 32.7 Å². The van der Waals surface area contributed by atoms with E-state index in [-0.39, 0.29) is 35.6 Å². The average molecular weight is 338 g/mol.